The molecule has 0 radical (unpaired) electrons. The van der Waals surface area contributed by atoms with Crippen molar-refractivity contribution in [3.05, 3.63) is 87.9 Å². The number of nitrogens with one attached hydrogen (secondary N) is 2. The zero-order valence-electron chi connectivity index (χ0n) is 14.3. The van der Waals surface area contributed by atoms with Gasteiger partial charge in [0.25, 0.3) is 5.91 Å². The van der Waals surface area contributed by atoms with Gasteiger partial charge in [-0.3, -0.25) is 9.59 Å². The predicted octanol–water partition coefficient (Wildman–Crippen LogP) is 3.24. The summed E-state index contributed by atoms with van der Waals surface area (Å²) in [4.78, 5) is 29.6. The van der Waals surface area contributed by atoms with E-state index in [9.17, 15) is 9.59 Å². The summed E-state index contributed by atoms with van der Waals surface area (Å²) in [5.41, 5.74) is 2.16. The molecule has 0 bridgehead atoms. The minimum Gasteiger partial charge on any atom is -0.347 e. The fraction of sp³-hybridized carbons (Fsp3) is 0.150. The van der Waals surface area contributed by atoms with E-state index < -0.39 is 6.04 Å². The Hall–Kier alpha value is -2.99. The van der Waals surface area contributed by atoms with E-state index in [0.29, 0.717) is 12.1 Å². The molecule has 2 amide bonds. The minimum absolute atomic E-state index is 0.270. The van der Waals surface area contributed by atoms with Crippen molar-refractivity contribution in [2.24, 2.45) is 0 Å². The second kappa shape index (κ2) is 8.40. The summed E-state index contributed by atoms with van der Waals surface area (Å²) in [7, 11) is 0. The van der Waals surface area contributed by atoms with Gasteiger partial charge in [0, 0.05) is 16.6 Å². The summed E-state index contributed by atoms with van der Waals surface area (Å²) < 4.78 is 0. The van der Waals surface area contributed by atoms with Gasteiger partial charge in [0.15, 0.2) is 0 Å². The number of nitrogens with zero attached hydrogens (tertiary/aromatic N) is 1. The molecular formula is C20H19N3O2S. The molecule has 0 spiro atoms. The number of aromatic nitrogens is 1. The zero-order chi connectivity index (χ0) is 18.4. The normalized spacial score (nSPS) is 11.6. The maximum absolute atomic E-state index is 12.7. The van der Waals surface area contributed by atoms with Crippen LogP contribution in [0.2, 0.25) is 0 Å². The molecule has 2 aromatic carbocycles. The number of carbonyl (C=O) groups excluding carboxylic acids is 2. The minimum atomic E-state index is -0.773. The van der Waals surface area contributed by atoms with E-state index in [1.54, 1.807) is 24.3 Å². The summed E-state index contributed by atoms with van der Waals surface area (Å²) in [6, 6.07) is 17.3. The van der Waals surface area contributed by atoms with Gasteiger partial charge < -0.3 is 10.6 Å². The Balaban J connectivity index is 1.74. The molecule has 5 nitrogen and oxygen atoms in total. The first kappa shape index (κ1) is 17.8. The number of rotatable bonds is 6. The van der Waals surface area contributed by atoms with Crippen LogP contribution in [0.4, 0.5) is 0 Å². The van der Waals surface area contributed by atoms with Crippen molar-refractivity contribution in [1.82, 2.24) is 15.6 Å². The van der Waals surface area contributed by atoms with Gasteiger partial charge in [0.2, 0.25) is 5.91 Å². The van der Waals surface area contributed by atoms with E-state index in [1.807, 2.05) is 48.7 Å². The maximum Gasteiger partial charge on any atom is 0.252 e. The third-order valence-corrected chi connectivity index (χ3v) is 4.75. The third-order valence-electron chi connectivity index (χ3n) is 3.79. The first-order chi connectivity index (χ1) is 12.6. The molecule has 0 saturated carbocycles. The Labute approximate surface area is 156 Å². The largest absolute Gasteiger partial charge is 0.347 e. The van der Waals surface area contributed by atoms with Crippen molar-refractivity contribution in [1.29, 1.82) is 0 Å². The van der Waals surface area contributed by atoms with Gasteiger partial charge in [0.05, 0.1) is 6.54 Å². The Morgan fingerprint density at radius 3 is 2.31 bits per heavy atom. The van der Waals surface area contributed by atoms with Crippen LogP contribution in [0, 0.1) is 6.92 Å². The molecule has 0 fully saturated rings. The lowest BCUT2D eigenvalue weighted by atomic mass is 10.1. The van der Waals surface area contributed by atoms with E-state index in [2.05, 4.69) is 15.6 Å². The number of carbonyl (C=O) groups is 2. The molecule has 1 unspecified atom stereocenters. The van der Waals surface area contributed by atoms with E-state index in [-0.39, 0.29) is 11.8 Å². The average Bonchev–Trinajstić information content (AvgIpc) is 3.10. The van der Waals surface area contributed by atoms with Crippen molar-refractivity contribution in [2.75, 3.05) is 0 Å². The molecule has 0 aliphatic carbocycles. The number of amides is 2. The lowest BCUT2D eigenvalue weighted by Gasteiger charge is -2.18. The van der Waals surface area contributed by atoms with Crippen LogP contribution in [0.1, 0.15) is 32.7 Å². The standard InChI is InChI=1S/C20H19N3O2S/c1-14-13-26-17(22-14)12-21-20(25)18(15-8-4-2-5-9-15)23-19(24)16-10-6-3-7-11-16/h2-11,13,18H,12H2,1H3,(H,21,25)(H,23,24). The number of thiazole rings is 1. The van der Waals surface area contributed by atoms with Crippen LogP contribution in [0.25, 0.3) is 0 Å². The van der Waals surface area contributed by atoms with E-state index in [4.69, 9.17) is 0 Å². The molecule has 1 atom stereocenters. The molecule has 132 valence electrons. The van der Waals surface area contributed by atoms with Crippen LogP contribution >= 0.6 is 11.3 Å². The molecule has 1 heterocycles. The van der Waals surface area contributed by atoms with Crippen molar-refractivity contribution in [3.8, 4) is 0 Å². The van der Waals surface area contributed by atoms with E-state index in [0.717, 1.165) is 16.3 Å². The van der Waals surface area contributed by atoms with Crippen LogP contribution in [0.5, 0.6) is 0 Å². The summed E-state index contributed by atoms with van der Waals surface area (Å²) in [5, 5.41) is 8.45. The fourth-order valence-electron chi connectivity index (χ4n) is 2.50. The van der Waals surface area contributed by atoms with Gasteiger partial charge in [0.1, 0.15) is 11.0 Å². The van der Waals surface area contributed by atoms with Crippen molar-refractivity contribution in [3.63, 3.8) is 0 Å². The number of aryl methyl sites for hydroxylation is 1. The van der Waals surface area contributed by atoms with Crippen LogP contribution in [0.3, 0.4) is 0 Å². The molecule has 2 N–H and O–H groups in total. The highest BCUT2D eigenvalue weighted by atomic mass is 32.1. The predicted molar refractivity (Wildman–Crippen MR) is 102 cm³/mol. The Bertz CT molecular complexity index is 878. The second-order valence-corrected chi connectivity index (χ2v) is 6.73. The Morgan fingerprint density at radius 2 is 1.69 bits per heavy atom. The average molecular weight is 365 g/mol. The van der Waals surface area contributed by atoms with Gasteiger partial charge in [-0.25, -0.2) is 4.98 Å². The SMILES string of the molecule is Cc1csc(CNC(=O)C(NC(=O)c2ccccc2)c2ccccc2)n1. The molecule has 0 aliphatic heterocycles. The van der Waals surface area contributed by atoms with Gasteiger partial charge in [-0.15, -0.1) is 11.3 Å². The number of benzene rings is 2. The molecule has 6 heteroatoms. The molecular weight excluding hydrogens is 346 g/mol. The van der Waals surface area contributed by atoms with Gasteiger partial charge in [-0.2, -0.15) is 0 Å². The highest BCUT2D eigenvalue weighted by molar-refractivity contribution is 7.09. The van der Waals surface area contributed by atoms with Crippen molar-refractivity contribution >= 4 is 23.2 Å². The molecule has 26 heavy (non-hydrogen) atoms. The van der Waals surface area contributed by atoms with Crippen LogP contribution in [-0.4, -0.2) is 16.8 Å². The fourth-order valence-corrected chi connectivity index (χ4v) is 3.21. The second-order valence-electron chi connectivity index (χ2n) is 5.78. The lowest BCUT2D eigenvalue weighted by molar-refractivity contribution is -0.123. The maximum atomic E-state index is 12.7. The van der Waals surface area contributed by atoms with Crippen molar-refractivity contribution in [2.45, 2.75) is 19.5 Å². The summed E-state index contributed by atoms with van der Waals surface area (Å²) in [6.07, 6.45) is 0. The topological polar surface area (TPSA) is 71.1 Å². The van der Waals surface area contributed by atoms with Gasteiger partial charge in [-0.05, 0) is 24.6 Å². The Morgan fingerprint density at radius 1 is 1.04 bits per heavy atom. The molecule has 0 saturated heterocycles. The van der Waals surface area contributed by atoms with Crippen molar-refractivity contribution < 1.29 is 9.59 Å². The van der Waals surface area contributed by atoms with Gasteiger partial charge in [-0.1, -0.05) is 48.5 Å². The first-order valence-electron chi connectivity index (χ1n) is 8.23. The Kier molecular flexibility index (Phi) is 5.76. The zero-order valence-corrected chi connectivity index (χ0v) is 15.1. The first-order valence-corrected chi connectivity index (χ1v) is 9.11. The smallest absolute Gasteiger partial charge is 0.252 e. The third kappa shape index (κ3) is 4.55. The monoisotopic (exact) mass is 365 g/mol. The molecule has 3 rings (SSSR count). The van der Waals surface area contributed by atoms with Crippen LogP contribution in [0.15, 0.2) is 66.0 Å². The lowest BCUT2D eigenvalue weighted by Crippen LogP contribution is -2.40. The molecule has 0 aliphatic rings. The molecule has 1 aromatic heterocycles. The highest BCUT2D eigenvalue weighted by Gasteiger charge is 2.23. The summed E-state index contributed by atoms with van der Waals surface area (Å²) >= 11 is 1.50. The summed E-state index contributed by atoms with van der Waals surface area (Å²) in [5.74, 6) is -0.562. The van der Waals surface area contributed by atoms with E-state index in [1.165, 1.54) is 11.3 Å². The quantitative estimate of drug-likeness (QED) is 0.704. The molecule has 3 aromatic rings. The van der Waals surface area contributed by atoms with Crippen LogP contribution in [-0.2, 0) is 11.3 Å². The highest BCUT2D eigenvalue weighted by Crippen LogP contribution is 2.15. The van der Waals surface area contributed by atoms with Crippen LogP contribution < -0.4 is 10.6 Å². The van der Waals surface area contributed by atoms with E-state index >= 15 is 0 Å². The van der Waals surface area contributed by atoms with Gasteiger partial charge >= 0.3 is 0 Å². The summed E-state index contributed by atoms with van der Waals surface area (Å²) in [6.45, 7) is 2.25. The number of hydrogen-bond acceptors (Lipinski definition) is 4. The number of hydrogen-bond donors (Lipinski definition) is 2.